The molecule has 3 N–H and O–H groups in total. The second-order valence-corrected chi connectivity index (χ2v) is 3.69. The molecule has 1 unspecified atom stereocenters. The molecule has 0 heterocycles. The summed E-state index contributed by atoms with van der Waals surface area (Å²) in [4.78, 5) is 10.5. The monoisotopic (exact) mass is 313 g/mol. The molecule has 0 aromatic heterocycles. The van der Waals surface area contributed by atoms with Gasteiger partial charge in [-0.1, -0.05) is 0 Å². The number of benzene rings is 1. The molecule has 1 rings (SSSR count). The van der Waals surface area contributed by atoms with Crippen LogP contribution in [0.4, 0.5) is 8.78 Å². The van der Waals surface area contributed by atoms with Crippen molar-refractivity contribution in [3.05, 3.63) is 32.9 Å². The van der Waals surface area contributed by atoms with Gasteiger partial charge in [0.1, 0.15) is 17.7 Å². The average molecular weight is 313 g/mol. The van der Waals surface area contributed by atoms with Crippen molar-refractivity contribution >= 4 is 28.6 Å². The van der Waals surface area contributed by atoms with Gasteiger partial charge >= 0.3 is 5.97 Å². The fourth-order valence-corrected chi connectivity index (χ4v) is 1.58. The van der Waals surface area contributed by atoms with E-state index >= 15 is 0 Å². The average Bonchev–Trinajstić information content (AvgIpc) is 2.09. The van der Waals surface area contributed by atoms with Crippen LogP contribution in [-0.4, -0.2) is 11.1 Å². The minimum atomic E-state index is -1.41. The van der Waals surface area contributed by atoms with Crippen molar-refractivity contribution in [3.63, 3.8) is 0 Å². The number of hydrogen-bond donors (Lipinski definition) is 2. The molecule has 0 saturated heterocycles. The summed E-state index contributed by atoms with van der Waals surface area (Å²) < 4.78 is 25.7. The summed E-state index contributed by atoms with van der Waals surface area (Å²) in [7, 11) is 0. The Balaban J connectivity index is 3.26. The molecule has 0 aliphatic rings. The fraction of sp³-hybridized carbons (Fsp3) is 0.125. The highest BCUT2D eigenvalue weighted by molar-refractivity contribution is 14.1. The summed E-state index contributed by atoms with van der Waals surface area (Å²) in [5.74, 6) is -2.97. The van der Waals surface area contributed by atoms with Crippen molar-refractivity contribution in [1.82, 2.24) is 0 Å². The van der Waals surface area contributed by atoms with Crippen LogP contribution in [0.5, 0.6) is 0 Å². The fourth-order valence-electron chi connectivity index (χ4n) is 0.935. The van der Waals surface area contributed by atoms with Crippen LogP contribution in [0.3, 0.4) is 0 Å². The van der Waals surface area contributed by atoms with Crippen molar-refractivity contribution in [3.8, 4) is 0 Å². The molecular weight excluding hydrogens is 307 g/mol. The highest BCUT2D eigenvalue weighted by Crippen LogP contribution is 2.22. The molecule has 1 aromatic carbocycles. The summed E-state index contributed by atoms with van der Waals surface area (Å²) in [6.45, 7) is 0. The lowest BCUT2D eigenvalue weighted by Crippen LogP contribution is -2.22. The van der Waals surface area contributed by atoms with Crippen LogP contribution in [-0.2, 0) is 4.79 Å². The third kappa shape index (κ3) is 2.18. The third-order valence-corrected chi connectivity index (χ3v) is 2.76. The van der Waals surface area contributed by atoms with Crippen molar-refractivity contribution in [2.45, 2.75) is 6.04 Å². The summed E-state index contributed by atoms with van der Waals surface area (Å²) in [6.07, 6.45) is 0. The van der Waals surface area contributed by atoms with Gasteiger partial charge in [-0.2, -0.15) is 0 Å². The summed E-state index contributed by atoms with van der Waals surface area (Å²) >= 11 is 1.59. The number of hydrogen-bond acceptors (Lipinski definition) is 2. The summed E-state index contributed by atoms with van der Waals surface area (Å²) in [5, 5.41) is 8.57. The second kappa shape index (κ2) is 4.18. The van der Waals surface area contributed by atoms with Gasteiger partial charge in [0.05, 0.1) is 3.57 Å². The van der Waals surface area contributed by atoms with E-state index < -0.39 is 23.6 Å². The predicted molar refractivity (Wildman–Crippen MR) is 53.6 cm³/mol. The van der Waals surface area contributed by atoms with Crippen LogP contribution in [0, 0.1) is 15.2 Å². The molecular formula is C8H6F2INO2. The van der Waals surface area contributed by atoms with Crippen LogP contribution in [0.1, 0.15) is 11.6 Å². The van der Waals surface area contributed by atoms with Crippen molar-refractivity contribution in [2.75, 3.05) is 0 Å². The first-order valence-electron chi connectivity index (χ1n) is 3.56. The zero-order chi connectivity index (χ0) is 10.9. The third-order valence-electron chi connectivity index (χ3n) is 1.62. The van der Waals surface area contributed by atoms with Gasteiger partial charge in [-0.15, -0.1) is 0 Å². The van der Waals surface area contributed by atoms with Crippen LogP contribution in [0.2, 0.25) is 0 Å². The van der Waals surface area contributed by atoms with E-state index in [4.69, 9.17) is 10.8 Å². The molecule has 1 atom stereocenters. The van der Waals surface area contributed by atoms with E-state index in [1.54, 1.807) is 22.6 Å². The van der Waals surface area contributed by atoms with Crippen LogP contribution in [0.15, 0.2) is 12.1 Å². The van der Waals surface area contributed by atoms with Crippen LogP contribution in [0.25, 0.3) is 0 Å². The Labute approximate surface area is 92.0 Å². The van der Waals surface area contributed by atoms with Gasteiger partial charge in [0.25, 0.3) is 0 Å². The van der Waals surface area contributed by atoms with E-state index in [0.29, 0.717) is 6.07 Å². The first-order valence-corrected chi connectivity index (χ1v) is 4.64. The van der Waals surface area contributed by atoms with Crippen LogP contribution >= 0.6 is 22.6 Å². The highest BCUT2D eigenvalue weighted by Gasteiger charge is 2.20. The Morgan fingerprint density at radius 1 is 1.50 bits per heavy atom. The van der Waals surface area contributed by atoms with Gasteiger partial charge in [0.15, 0.2) is 0 Å². The molecule has 6 heteroatoms. The number of rotatable bonds is 2. The van der Waals surface area contributed by atoms with E-state index in [0.717, 1.165) is 6.07 Å². The lowest BCUT2D eigenvalue weighted by molar-refractivity contribution is -0.138. The number of halogens is 3. The number of carboxylic acids is 1. The Morgan fingerprint density at radius 2 is 2.07 bits per heavy atom. The maximum absolute atomic E-state index is 13.0. The maximum Gasteiger partial charge on any atom is 0.325 e. The first kappa shape index (κ1) is 11.3. The van der Waals surface area contributed by atoms with Gasteiger partial charge in [0, 0.05) is 6.07 Å². The largest absolute Gasteiger partial charge is 0.480 e. The molecule has 0 bridgehead atoms. The van der Waals surface area contributed by atoms with Crippen molar-refractivity contribution in [1.29, 1.82) is 0 Å². The number of aliphatic carboxylic acids is 1. The Morgan fingerprint density at radius 3 is 2.57 bits per heavy atom. The highest BCUT2D eigenvalue weighted by atomic mass is 127. The first-order chi connectivity index (χ1) is 6.43. The van der Waals surface area contributed by atoms with Gasteiger partial charge in [0.2, 0.25) is 0 Å². The van der Waals surface area contributed by atoms with E-state index in [-0.39, 0.29) is 9.13 Å². The molecule has 0 amide bonds. The van der Waals surface area contributed by atoms with Gasteiger partial charge in [-0.25, -0.2) is 8.78 Å². The summed E-state index contributed by atoms with van der Waals surface area (Å²) in [6, 6.07) is 0.191. The minimum absolute atomic E-state index is 0.0268. The van der Waals surface area contributed by atoms with Crippen molar-refractivity contribution in [2.24, 2.45) is 5.73 Å². The zero-order valence-corrected chi connectivity index (χ0v) is 8.96. The lowest BCUT2D eigenvalue weighted by Gasteiger charge is -2.09. The van der Waals surface area contributed by atoms with Gasteiger partial charge < -0.3 is 10.8 Å². The number of nitrogens with two attached hydrogens (primary N) is 1. The number of carboxylic acid groups (broad SMARTS) is 1. The van der Waals surface area contributed by atoms with Crippen LogP contribution < -0.4 is 5.73 Å². The van der Waals surface area contributed by atoms with Gasteiger partial charge in [-0.05, 0) is 34.2 Å². The SMILES string of the molecule is NC(C(=O)O)c1cc(F)cc(F)c1I. The van der Waals surface area contributed by atoms with Crippen molar-refractivity contribution < 1.29 is 18.7 Å². The zero-order valence-electron chi connectivity index (χ0n) is 6.80. The Bertz CT molecular complexity index is 384. The Hall–Kier alpha value is -0.760. The topological polar surface area (TPSA) is 63.3 Å². The molecule has 76 valence electrons. The standard InChI is InChI=1S/C8H6F2INO2/c9-3-1-4(7(12)8(13)14)6(11)5(10)2-3/h1-2,7H,12H2,(H,13,14). The smallest absolute Gasteiger partial charge is 0.325 e. The van der Waals surface area contributed by atoms with E-state index in [9.17, 15) is 13.6 Å². The van der Waals surface area contributed by atoms with E-state index in [1.165, 1.54) is 0 Å². The molecule has 0 spiro atoms. The maximum atomic E-state index is 13.0. The molecule has 0 saturated carbocycles. The minimum Gasteiger partial charge on any atom is -0.480 e. The Kier molecular flexibility index (Phi) is 3.38. The normalized spacial score (nSPS) is 12.6. The summed E-state index contributed by atoms with van der Waals surface area (Å²) in [5.41, 5.74) is 5.18. The predicted octanol–water partition coefficient (Wildman–Crippen LogP) is 1.65. The van der Waals surface area contributed by atoms with E-state index in [1.807, 2.05) is 0 Å². The van der Waals surface area contributed by atoms with Gasteiger partial charge in [-0.3, -0.25) is 4.79 Å². The molecule has 1 aromatic rings. The quantitative estimate of drug-likeness (QED) is 0.645. The molecule has 14 heavy (non-hydrogen) atoms. The molecule has 3 nitrogen and oxygen atoms in total. The second-order valence-electron chi connectivity index (χ2n) is 2.61. The molecule has 0 fully saturated rings. The van der Waals surface area contributed by atoms with E-state index in [2.05, 4.69) is 0 Å². The molecule has 0 aliphatic carbocycles. The molecule has 0 aliphatic heterocycles. The lowest BCUT2D eigenvalue weighted by atomic mass is 10.1. The number of carbonyl (C=O) groups is 1. The molecule has 0 radical (unpaired) electrons.